The fourth-order valence-corrected chi connectivity index (χ4v) is 3.66. The minimum atomic E-state index is -0.640. The monoisotopic (exact) mass is 400 g/mol. The highest BCUT2D eigenvalue weighted by molar-refractivity contribution is 9.10. The first-order valence-electron chi connectivity index (χ1n) is 8.03. The third-order valence-electron chi connectivity index (χ3n) is 4.58. The van der Waals surface area contributed by atoms with Crippen molar-refractivity contribution in [3.8, 4) is 0 Å². The Balaban J connectivity index is 1.78. The number of likely N-dealkylation sites (tertiary alicyclic amines) is 1. The van der Waals surface area contributed by atoms with Gasteiger partial charge in [-0.2, -0.15) is 0 Å². The summed E-state index contributed by atoms with van der Waals surface area (Å²) in [6.07, 6.45) is 3.58. The molecule has 0 spiro atoms. The van der Waals surface area contributed by atoms with E-state index in [0.717, 1.165) is 29.7 Å². The molecule has 0 saturated carbocycles. The first-order chi connectivity index (χ1) is 11.6. The zero-order chi connectivity index (χ0) is 17.1. The van der Waals surface area contributed by atoms with Crippen LogP contribution in [0.25, 0.3) is 0 Å². The molecule has 1 aromatic rings. The molecule has 1 aromatic heterocycles. The van der Waals surface area contributed by atoms with Crippen molar-refractivity contribution in [3.63, 3.8) is 0 Å². The van der Waals surface area contributed by atoms with Crippen LogP contribution >= 0.6 is 15.9 Å². The van der Waals surface area contributed by atoms with E-state index < -0.39 is 12.1 Å². The van der Waals surface area contributed by atoms with Crippen LogP contribution in [0.15, 0.2) is 10.8 Å². The fraction of sp³-hybridized carbons (Fsp3) is 0.667. The first kappa shape index (κ1) is 17.2. The predicted molar refractivity (Wildman–Crippen MR) is 88.2 cm³/mol. The molecule has 0 bridgehead atoms. The van der Waals surface area contributed by atoms with E-state index in [0.29, 0.717) is 19.8 Å². The summed E-state index contributed by atoms with van der Waals surface area (Å²) in [5, 5.41) is 2.69. The molecule has 3 rings (SSSR count). The third kappa shape index (κ3) is 3.56. The number of rotatable bonds is 4. The molecule has 0 aliphatic carbocycles. The molecule has 2 N–H and O–H groups in total. The number of carbonyl (C=O) groups excluding carboxylic acids is 2. The van der Waals surface area contributed by atoms with Crippen molar-refractivity contribution in [3.05, 3.63) is 16.6 Å². The van der Waals surface area contributed by atoms with Crippen molar-refractivity contribution in [1.82, 2.24) is 20.2 Å². The van der Waals surface area contributed by atoms with E-state index in [-0.39, 0.29) is 17.9 Å². The van der Waals surface area contributed by atoms with Crippen LogP contribution in [0, 0.1) is 5.92 Å². The Bertz CT molecular complexity index is 602. The highest BCUT2D eigenvalue weighted by Crippen LogP contribution is 2.32. The maximum atomic E-state index is 13.1. The van der Waals surface area contributed by atoms with Crippen LogP contribution in [0.3, 0.4) is 0 Å². The van der Waals surface area contributed by atoms with E-state index in [1.165, 1.54) is 7.11 Å². The van der Waals surface area contributed by atoms with Crippen molar-refractivity contribution in [1.29, 1.82) is 0 Å². The molecule has 2 fully saturated rings. The molecule has 3 heterocycles. The minimum Gasteiger partial charge on any atom is -0.453 e. The van der Waals surface area contributed by atoms with Gasteiger partial charge in [-0.05, 0) is 35.2 Å². The van der Waals surface area contributed by atoms with Crippen molar-refractivity contribution >= 4 is 27.9 Å². The molecule has 8 nitrogen and oxygen atoms in total. The van der Waals surface area contributed by atoms with Gasteiger partial charge < -0.3 is 24.7 Å². The summed E-state index contributed by atoms with van der Waals surface area (Å²) in [5.41, 5.74) is 0. The number of alkyl carbamates (subject to hydrolysis) is 1. The molecular formula is C15H21BrN4O4. The minimum absolute atomic E-state index is 0.0406. The average Bonchev–Trinajstić information content (AvgIpc) is 3.31. The second-order valence-electron chi connectivity index (χ2n) is 6.04. The Morgan fingerprint density at radius 2 is 2.38 bits per heavy atom. The van der Waals surface area contributed by atoms with Gasteiger partial charge in [0.05, 0.1) is 26.0 Å². The quantitative estimate of drug-likeness (QED) is 0.799. The van der Waals surface area contributed by atoms with Gasteiger partial charge in [0.1, 0.15) is 16.5 Å². The van der Waals surface area contributed by atoms with Gasteiger partial charge in [0, 0.05) is 19.1 Å². The normalized spacial score (nSPS) is 24.8. The number of H-pyrrole nitrogens is 1. The van der Waals surface area contributed by atoms with E-state index in [4.69, 9.17) is 4.74 Å². The van der Waals surface area contributed by atoms with Crippen molar-refractivity contribution in [2.45, 2.75) is 31.3 Å². The number of ether oxygens (including phenoxy) is 2. The number of halogens is 1. The second kappa shape index (κ2) is 7.52. The summed E-state index contributed by atoms with van der Waals surface area (Å²) in [7, 11) is 1.29. The molecule has 24 heavy (non-hydrogen) atoms. The molecule has 2 aliphatic heterocycles. The van der Waals surface area contributed by atoms with Gasteiger partial charge in [0.25, 0.3) is 0 Å². The Hall–Kier alpha value is -1.61. The van der Waals surface area contributed by atoms with Gasteiger partial charge in [-0.1, -0.05) is 0 Å². The van der Waals surface area contributed by atoms with Crippen LogP contribution < -0.4 is 5.32 Å². The predicted octanol–water partition coefficient (Wildman–Crippen LogP) is 1.60. The lowest BCUT2D eigenvalue weighted by molar-refractivity contribution is -0.135. The van der Waals surface area contributed by atoms with Crippen molar-refractivity contribution in [2.24, 2.45) is 5.92 Å². The standard InChI is InChI=1S/C15H21BrN4O4/c1-23-15(22)19-12(9-4-6-24-8-9)14(21)20-5-2-3-10(20)13-17-7-11(16)18-13/h7,9-10,12H,2-6,8H2,1H3,(H,17,18)(H,19,22). The van der Waals surface area contributed by atoms with E-state index >= 15 is 0 Å². The molecule has 3 atom stereocenters. The number of hydrogen-bond donors (Lipinski definition) is 2. The number of nitrogens with one attached hydrogen (secondary N) is 2. The summed E-state index contributed by atoms with van der Waals surface area (Å²) < 4.78 is 10.9. The topological polar surface area (TPSA) is 96.5 Å². The SMILES string of the molecule is COC(=O)NC(C(=O)N1CCCC1c1ncc(Br)[nH]1)C1CCOC1. The number of carbonyl (C=O) groups is 2. The molecule has 2 saturated heterocycles. The Kier molecular flexibility index (Phi) is 5.40. The molecule has 0 aromatic carbocycles. The molecule has 9 heteroatoms. The van der Waals surface area contributed by atoms with Gasteiger partial charge in [0.2, 0.25) is 5.91 Å². The van der Waals surface area contributed by atoms with Crippen molar-refractivity contribution in [2.75, 3.05) is 26.9 Å². The van der Waals surface area contributed by atoms with Gasteiger partial charge in [-0.15, -0.1) is 0 Å². The lowest BCUT2D eigenvalue weighted by Crippen LogP contribution is -2.52. The van der Waals surface area contributed by atoms with E-state index in [9.17, 15) is 9.59 Å². The fourth-order valence-electron chi connectivity index (χ4n) is 3.36. The Morgan fingerprint density at radius 3 is 3.00 bits per heavy atom. The molecule has 0 radical (unpaired) electrons. The second-order valence-corrected chi connectivity index (χ2v) is 6.90. The number of amides is 2. The molecule has 3 unspecified atom stereocenters. The number of methoxy groups -OCH3 is 1. The van der Waals surface area contributed by atoms with E-state index in [2.05, 4.69) is 36.0 Å². The molecule has 2 amide bonds. The summed E-state index contributed by atoms with van der Waals surface area (Å²) in [6.45, 7) is 1.71. The number of hydrogen-bond acceptors (Lipinski definition) is 5. The Labute approximate surface area is 148 Å². The van der Waals surface area contributed by atoms with Crippen LogP contribution in [0.1, 0.15) is 31.1 Å². The summed E-state index contributed by atoms with van der Waals surface area (Å²) in [6, 6.07) is -0.743. The van der Waals surface area contributed by atoms with Crippen LogP contribution in [0.5, 0.6) is 0 Å². The number of imidazole rings is 1. The van der Waals surface area contributed by atoms with Crippen LogP contribution in [0.2, 0.25) is 0 Å². The molecule has 2 aliphatic rings. The maximum absolute atomic E-state index is 13.1. The van der Waals surface area contributed by atoms with E-state index in [1.54, 1.807) is 11.1 Å². The zero-order valence-electron chi connectivity index (χ0n) is 13.5. The summed E-state index contributed by atoms with van der Waals surface area (Å²) in [5.74, 6) is 0.610. The third-order valence-corrected chi connectivity index (χ3v) is 4.98. The number of aromatic amines is 1. The van der Waals surface area contributed by atoms with Crippen LogP contribution in [0.4, 0.5) is 4.79 Å². The van der Waals surface area contributed by atoms with Gasteiger partial charge in [-0.25, -0.2) is 9.78 Å². The maximum Gasteiger partial charge on any atom is 0.407 e. The highest BCUT2D eigenvalue weighted by Gasteiger charge is 2.40. The molecule has 132 valence electrons. The molecular weight excluding hydrogens is 380 g/mol. The zero-order valence-corrected chi connectivity index (χ0v) is 15.0. The number of aromatic nitrogens is 2. The largest absolute Gasteiger partial charge is 0.453 e. The number of nitrogens with zero attached hydrogens (tertiary/aromatic N) is 2. The Morgan fingerprint density at radius 1 is 1.54 bits per heavy atom. The van der Waals surface area contributed by atoms with Crippen LogP contribution in [-0.4, -0.2) is 59.8 Å². The van der Waals surface area contributed by atoms with Crippen LogP contribution in [-0.2, 0) is 14.3 Å². The highest BCUT2D eigenvalue weighted by atomic mass is 79.9. The van der Waals surface area contributed by atoms with Gasteiger partial charge in [-0.3, -0.25) is 4.79 Å². The van der Waals surface area contributed by atoms with Gasteiger partial charge in [0.15, 0.2) is 0 Å². The van der Waals surface area contributed by atoms with Gasteiger partial charge >= 0.3 is 6.09 Å². The summed E-state index contributed by atoms with van der Waals surface area (Å²) >= 11 is 3.35. The van der Waals surface area contributed by atoms with Crippen molar-refractivity contribution < 1.29 is 19.1 Å². The van der Waals surface area contributed by atoms with E-state index in [1.807, 2.05) is 0 Å². The summed E-state index contributed by atoms with van der Waals surface area (Å²) in [4.78, 5) is 34.1. The average molecular weight is 401 g/mol. The smallest absolute Gasteiger partial charge is 0.407 e. The first-order valence-corrected chi connectivity index (χ1v) is 8.82. The lowest BCUT2D eigenvalue weighted by Gasteiger charge is -2.30. The lowest BCUT2D eigenvalue weighted by atomic mass is 9.97.